The third kappa shape index (κ3) is 2.42. The van der Waals surface area contributed by atoms with Gasteiger partial charge < -0.3 is 11.1 Å². The first kappa shape index (κ1) is 11.9. The van der Waals surface area contributed by atoms with Crippen LogP contribution in [0.4, 0.5) is 11.4 Å². The number of hydrogen-bond donors (Lipinski definition) is 2. The van der Waals surface area contributed by atoms with E-state index in [0.29, 0.717) is 40.5 Å². The molecule has 90 valence electrons. The van der Waals surface area contributed by atoms with Crippen LogP contribution < -0.4 is 11.1 Å². The van der Waals surface area contributed by atoms with E-state index in [2.05, 4.69) is 15.6 Å². The first-order valence-electron chi connectivity index (χ1n) is 4.78. The Hall–Kier alpha value is -1.53. The van der Waals surface area contributed by atoms with Crippen LogP contribution in [0.25, 0.3) is 0 Å². The molecule has 8 heteroatoms. The number of nitrogens with zero attached hydrogens (tertiary/aromatic N) is 3. The molecule has 3 N–H and O–H groups in total. The number of anilines is 2. The Labute approximate surface area is 107 Å². The normalized spacial score (nSPS) is 14.7. The summed E-state index contributed by atoms with van der Waals surface area (Å²) in [5.41, 5.74) is 6.50. The van der Waals surface area contributed by atoms with E-state index in [9.17, 15) is 4.91 Å². The number of nitroso groups, excluding NO2 is 1. The molecule has 0 unspecified atom stereocenters. The lowest BCUT2D eigenvalue weighted by Gasteiger charge is -2.14. The molecule has 1 aromatic carbocycles. The highest BCUT2D eigenvalue weighted by Gasteiger charge is 2.19. The number of halogens is 2. The highest BCUT2D eigenvalue weighted by atomic mass is 35.5. The van der Waals surface area contributed by atoms with Gasteiger partial charge in [-0.1, -0.05) is 23.2 Å². The first-order chi connectivity index (χ1) is 8.11. The van der Waals surface area contributed by atoms with Gasteiger partial charge in [0.05, 0.1) is 34.1 Å². The Morgan fingerprint density at radius 2 is 2.06 bits per heavy atom. The standard InChI is InChI=1S/C9H9Cl2N5O/c10-6-3-5(12)4-7(11)8(6)14-9-13-1-2-16(9)15-17/h3-4H,1-2,12H2,(H,13,14). The Bertz CT molecular complexity index is 467. The van der Waals surface area contributed by atoms with Gasteiger partial charge >= 0.3 is 0 Å². The van der Waals surface area contributed by atoms with Crippen LogP contribution in [-0.2, 0) is 0 Å². The van der Waals surface area contributed by atoms with Crippen LogP contribution in [0.5, 0.6) is 0 Å². The summed E-state index contributed by atoms with van der Waals surface area (Å²) in [6.45, 7) is 0.939. The van der Waals surface area contributed by atoms with Gasteiger partial charge in [-0.05, 0) is 12.1 Å². The number of hydrogen-bond acceptors (Lipinski definition) is 5. The van der Waals surface area contributed by atoms with Crippen molar-refractivity contribution in [2.24, 2.45) is 10.3 Å². The van der Waals surface area contributed by atoms with Crippen molar-refractivity contribution in [3.8, 4) is 0 Å². The molecule has 0 amide bonds. The number of rotatable bonds is 2. The van der Waals surface area contributed by atoms with Gasteiger partial charge in [0.2, 0.25) is 5.96 Å². The maximum absolute atomic E-state index is 10.5. The van der Waals surface area contributed by atoms with Gasteiger partial charge in [0.1, 0.15) is 0 Å². The summed E-state index contributed by atoms with van der Waals surface area (Å²) in [7, 11) is 0. The molecular formula is C9H9Cl2N5O. The molecule has 1 aliphatic rings. The van der Waals surface area contributed by atoms with Gasteiger partial charge in [0, 0.05) is 5.69 Å². The van der Waals surface area contributed by atoms with Crippen molar-refractivity contribution in [2.75, 3.05) is 24.1 Å². The monoisotopic (exact) mass is 273 g/mol. The molecule has 0 bridgehead atoms. The minimum Gasteiger partial charge on any atom is -0.399 e. The molecule has 1 aliphatic heterocycles. The van der Waals surface area contributed by atoms with Crippen molar-refractivity contribution >= 4 is 40.5 Å². The summed E-state index contributed by atoms with van der Waals surface area (Å²) < 4.78 is 0. The summed E-state index contributed by atoms with van der Waals surface area (Å²) >= 11 is 12.0. The molecule has 6 nitrogen and oxygen atoms in total. The largest absolute Gasteiger partial charge is 0.399 e. The molecule has 1 heterocycles. The SMILES string of the molecule is Nc1cc(Cl)c(NC2=NCCN2N=O)c(Cl)c1. The Balaban J connectivity index is 2.27. The summed E-state index contributed by atoms with van der Waals surface area (Å²) in [6.07, 6.45) is 0. The van der Waals surface area contributed by atoms with Crippen molar-refractivity contribution in [2.45, 2.75) is 0 Å². The van der Waals surface area contributed by atoms with Crippen molar-refractivity contribution < 1.29 is 0 Å². The zero-order valence-electron chi connectivity index (χ0n) is 8.65. The van der Waals surface area contributed by atoms with Gasteiger partial charge in [-0.15, -0.1) is 4.91 Å². The molecular weight excluding hydrogens is 265 g/mol. The maximum atomic E-state index is 10.5. The molecule has 2 rings (SSSR count). The molecule has 0 radical (unpaired) electrons. The van der Waals surface area contributed by atoms with Gasteiger partial charge in [0.15, 0.2) is 0 Å². The zero-order valence-corrected chi connectivity index (χ0v) is 10.2. The van der Waals surface area contributed by atoms with Gasteiger partial charge in [-0.3, -0.25) is 0 Å². The highest BCUT2D eigenvalue weighted by Crippen LogP contribution is 2.33. The minimum absolute atomic E-state index is 0.327. The minimum atomic E-state index is 0.327. The lowest BCUT2D eigenvalue weighted by molar-refractivity contribution is 0.481. The van der Waals surface area contributed by atoms with Crippen LogP contribution >= 0.6 is 23.2 Å². The van der Waals surface area contributed by atoms with Crippen molar-refractivity contribution in [3.63, 3.8) is 0 Å². The van der Waals surface area contributed by atoms with Crippen molar-refractivity contribution in [1.29, 1.82) is 0 Å². The van der Waals surface area contributed by atoms with E-state index in [0.717, 1.165) is 0 Å². The van der Waals surface area contributed by atoms with E-state index in [4.69, 9.17) is 28.9 Å². The van der Waals surface area contributed by atoms with E-state index in [1.54, 1.807) is 12.1 Å². The van der Waals surface area contributed by atoms with Gasteiger partial charge in [-0.25, -0.2) is 4.99 Å². The molecule has 0 saturated carbocycles. The topological polar surface area (TPSA) is 83.1 Å². The number of guanidine groups is 1. The average molecular weight is 274 g/mol. The van der Waals surface area contributed by atoms with Crippen LogP contribution in [-0.4, -0.2) is 24.1 Å². The van der Waals surface area contributed by atoms with Crippen LogP contribution in [0, 0.1) is 4.91 Å². The summed E-state index contributed by atoms with van der Waals surface area (Å²) in [6, 6.07) is 3.12. The number of nitrogen functional groups attached to an aromatic ring is 1. The molecule has 0 atom stereocenters. The molecule has 0 fully saturated rings. The first-order valence-corrected chi connectivity index (χ1v) is 5.54. The average Bonchev–Trinajstić information content (AvgIpc) is 2.70. The fourth-order valence-corrected chi connectivity index (χ4v) is 2.04. The van der Waals surface area contributed by atoms with E-state index in [1.807, 2.05) is 0 Å². The Kier molecular flexibility index (Phi) is 3.35. The van der Waals surface area contributed by atoms with E-state index >= 15 is 0 Å². The fraction of sp³-hybridized carbons (Fsp3) is 0.222. The second kappa shape index (κ2) is 4.77. The maximum Gasteiger partial charge on any atom is 0.222 e. The van der Waals surface area contributed by atoms with Crippen molar-refractivity contribution in [1.82, 2.24) is 5.01 Å². The predicted molar refractivity (Wildman–Crippen MR) is 69.3 cm³/mol. The molecule has 1 aromatic rings. The lowest BCUT2D eigenvalue weighted by atomic mass is 10.3. The number of nitrogens with two attached hydrogens (primary N) is 1. The number of nitrogens with one attached hydrogen (secondary N) is 1. The van der Waals surface area contributed by atoms with Gasteiger partial charge in [-0.2, -0.15) is 5.01 Å². The van der Waals surface area contributed by atoms with E-state index in [-0.39, 0.29) is 0 Å². The number of benzene rings is 1. The predicted octanol–water partition coefficient (Wildman–Crippen LogP) is 2.34. The Morgan fingerprint density at radius 3 is 2.65 bits per heavy atom. The van der Waals surface area contributed by atoms with Crippen LogP contribution in [0.2, 0.25) is 10.0 Å². The quantitative estimate of drug-likeness (QED) is 0.640. The summed E-state index contributed by atoms with van der Waals surface area (Å²) in [4.78, 5) is 14.6. The lowest BCUT2D eigenvalue weighted by Crippen LogP contribution is -2.28. The zero-order chi connectivity index (χ0) is 12.4. The molecule has 17 heavy (non-hydrogen) atoms. The van der Waals surface area contributed by atoms with Crippen LogP contribution in [0.1, 0.15) is 0 Å². The molecule has 0 spiro atoms. The number of aliphatic imine (C=N–C) groups is 1. The molecule has 0 aliphatic carbocycles. The van der Waals surface area contributed by atoms with Crippen LogP contribution in [0.15, 0.2) is 22.4 Å². The third-order valence-corrected chi connectivity index (χ3v) is 2.81. The summed E-state index contributed by atoms with van der Waals surface area (Å²) in [5, 5.41) is 7.60. The smallest absolute Gasteiger partial charge is 0.222 e. The van der Waals surface area contributed by atoms with Crippen molar-refractivity contribution in [3.05, 3.63) is 27.1 Å². The Morgan fingerprint density at radius 1 is 1.41 bits per heavy atom. The molecule has 0 aromatic heterocycles. The highest BCUT2D eigenvalue weighted by molar-refractivity contribution is 6.40. The van der Waals surface area contributed by atoms with E-state index < -0.39 is 0 Å². The van der Waals surface area contributed by atoms with Crippen LogP contribution in [0.3, 0.4) is 0 Å². The van der Waals surface area contributed by atoms with Gasteiger partial charge in [0.25, 0.3) is 0 Å². The fourth-order valence-electron chi connectivity index (χ4n) is 1.45. The molecule has 0 saturated heterocycles. The summed E-state index contributed by atoms with van der Waals surface area (Å²) in [5.74, 6) is 0.327. The third-order valence-electron chi connectivity index (χ3n) is 2.22. The second-order valence-electron chi connectivity index (χ2n) is 3.39. The van der Waals surface area contributed by atoms with E-state index in [1.165, 1.54) is 5.01 Å². The second-order valence-corrected chi connectivity index (χ2v) is 4.21.